The maximum atomic E-state index is 12.2. The number of nitro benzene ring substituents is 1. The number of hydrazone groups is 1. The Hall–Kier alpha value is -3.37. The summed E-state index contributed by atoms with van der Waals surface area (Å²) in [5, 5.41) is 15.8. The fourth-order valence-electron chi connectivity index (χ4n) is 2.56. The van der Waals surface area contributed by atoms with Crippen LogP contribution in [0, 0.1) is 10.1 Å². The van der Waals surface area contributed by atoms with E-state index in [4.69, 9.17) is 8.83 Å². The van der Waals surface area contributed by atoms with Crippen molar-refractivity contribution in [3.05, 3.63) is 86.8 Å². The molecule has 0 saturated heterocycles. The predicted octanol–water partition coefficient (Wildman–Crippen LogP) is 5.61. The molecule has 10 heteroatoms. The van der Waals surface area contributed by atoms with Gasteiger partial charge in [0.05, 0.1) is 15.6 Å². The molecule has 1 N–H and O–H groups in total. The topological polar surface area (TPSA) is 111 Å². The van der Waals surface area contributed by atoms with Gasteiger partial charge in [0, 0.05) is 28.5 Å². The first kappa shape index (κ1) is 19.9. The molecule has 0 fully saturated rings. The van der Waals surface area contributed by atoms with Crippen LogP contribution in [0.25, 0.3) is 11.0 Å². The van der Waals surface area contributed by atoms with Crippen molar-refractivity contribution in [2.24, 2.45) is 5.10 Å². The quantitative estimate of drug-likeness (QED) is 0.215. The van der Waals surface area contributed by atoms with E-state index >= 15 is 0 Å². The number of benzene rings is 2. The summed E-state index contributed by atoms with van der Waals surface area (Å²) < 4.78 is 11.9. The van der Waals surface area contributed by atoms with E-state index in [9.17, 15) is 14.9 Å². The van der Waals surface area contributed by atoms with Crippen molar-refractivity contribution in [1.29, 1.82) is 0 Å². The minimum absolute atomic E-state index is 0.0106. The van der Waals surface area contributed by atoms with Gasteiger partial charge in [-0.05, 0) is 40.2 Å². The summed E-state index contributed by atoms with van der Waals surface area (Å²) in [6.07, 6.45) is 1.37. The first-order chi connectivity index (χ1) is 14.5. The normalized spacial score (nSPS) is 11.2. The molecular formula is C20H12BrN3O5S. The second kappa shape index (κ2) is 8.56. The van der Waals surface area contributed by atoms with Crippen LogP contribution in [0.2, 0.25) is 0 Å². The van der Waals surface area contributed by atoms with Crippen molar-refractivity contribution < 1.29 is 18.6 Å². The number of carbonyl (C=O) groups is 1. The van der Waals surface area contributed by atoms with Gasteiger partial charge in [-0.25, -0.2) is 5.43 Å². The third kappa shape index (κ3) is 4.44. The molecule has 30 heavy (non-hydrogen) atoms. The summed E-state index contributed by atoms with van der Waals surface area (Å²) in [6, 6.07) is 17.0. The van der Waals surface area contributed by atoms with Crippen LogP contribution in [0.3, 0.4) is 0 Å². The number of hydrogen-bond acceptors (Lipinski definition) is 7. The minimum atomic E-state index is -0.588. The number of halogens is 1. The number of rotatable bonds is 6. The van der Waals surface area contributed by atoms with E-state index in [2.05, 4.69) is 26.5 Å². The molecule has 0 radical (unpaired) electrons. The van der Waals surface area contributed by atoms with Gasteiger partial charge in [0.25, 0.3) is 5.69 Å². The lowest BCUT2D eigenvalue weighted by Gasteiger charge is -1.97. The highest BCUT2D eigenvalue weighted by molar-refractivity contribution is 9.10. The zero-order valence-corrected chi connectivity index (χ0v) is 17.5. The van der Waals surface area contributed by atoms with E-state index in [1.165, 1.54) is 42.2 Å². The third-order valence-corrected chi connectivity index (χ3v) is 5.77. The largest absolute Gasteiger partial charge is 0.451 e. The van der Waals surface area contributed by atoms with Crippen LogP contribution in [0.1, 0.15) is 16.3 Å². The number of non-ortho nitro benzene ring substituents is 1. The lowest BCUT2D eigenvalue weighted by Crippen LogP contribution is -2.16. The first-order valence-corrected chi connectivity index (χ1v) is 10.1. The molecule has 0 aliphatic rings. The molecule has 0 spiro atoms. The number of hydrogen-bond donors (Lipinski definition) is 1. The number of nitrogens with one attached hydrogen (secondary N) is 1. The van der Waals surface area contributed by atoms with Crippen LogP contribution in [-0.4, -0.2) is 17.0 Å². The molecule has 2 aromatic carbocycles. The average Bonchev–Trinajstić information content (AvgIpc) is 3.31. The van der Waals surface area contributed by atoms with Crippen molar-refractivity contribution in [3.8, 4) is 0 Å². The molecule has 4 rings (SSSR count). The number of amides is 1. The Balaban J connectivity index is 1.43. The van der Waals surface area contributed by atoms with E-state index in [1.54, 1.807) is 6.07 Å². The first-order valence-electron chi connectivity index (χ1n) is 8.53. The Morgan fingerprint density at radius 2 is 1.93 bits per heavy atom. The Morgan fingerprint density at radius 3 is 2.70 bits per heavy atom. The van der Waals surface area contributed by atoms with Crippen LogP contribution in [0.4, 0.5) is 5.69 Å². The zero-order chi connectivity index (χ0) is 21.1. The van der Waals surface area contributed by atoms with Crippen molar-refractivity contribution in [2.75, 3.05) is 0 Å². The van der Waals surface area contributed by atoms with E-state index in [0.717, 1.165) is 9.37 Å². The maximum Gasteiger partial charge on any atom is 0.307 e. The van der Waals surface area contributed by atoms with E-state index in [1.807, 2.05) is 30.3 Å². The highest BCUT2D eigenvalue weighted by atomic mass is 79.9. The molecule has 0 unspecified atom stereocenters. The van der Waals surface area contributed by atoms with Gasteiger partial charge in [0.2, 0.25) is 0 Å². The summed E-state index contributed by atoms with van der Waals surface area (Å²) in [6.45, 7) is 0. The van der Waals surface area contributed by atoms with E-state index < -0.39 is 10.8 Å². The Kier molecular flexibility index (Phi) is 5.68. The Morgan fingerprint density at radius 1 is 1.13 bits per heavy atom. The van der Waals surface area contributed by atoms with Gasteiger partial charge in [-0.3, -0.25) is 14.9 Å². The van der Waals surface area contributed by atoms with E-state index in [0.29, 0.717) is 21.8 Å². The molecule has 0 aliphatic carbocycles. The van der Waals surface area contributed by atoms with Crippen LogP contribution in [-0.2, 0) is 0 Å². The molecule has 2 aromatic heterocycles. The SMILES string of the molecule is O=C(N/N=C\c1cc(Br)c(Sc2ccccc2)o1)c1cc2cc([N+](=O)[O-])ccc2o1. The highest BCUT2D eigenvalue weighted by Crippen LogP contribution is 2.35. The van der Waals surface area contributed by atoms with Crippen molar-refractivity contribution >= 4 is 56.5 Å². The fraction of sp³-hybridized carbons (Fsp3) is 0. The van der Waals surface area contributed by atoms with Gasteiger partial charge in [0.1, 0.15) is 11.3 Å². The standard InChI is InChI=1S/C20H12BrN3O5S/c21-16-10-14(28-20(16)30-15-4-2-1-3-5-15)11-22-23-19(25)18-9-12-8-13(24(26)27)6-7-17(12)29-18/h1-11H,(H,23,25)/b22-11-. The molecule has 0 bridgehead atoms. The average molecular weight is 486 g/mol. The van der Waals surface area contributed by atoms with Crippen LogP contribution in [0.5, 0.6) is 0 Å². The molecule has 0 atom stereocenters. The second-order valence-electron chi connectivity index (χ2n) is 5.99. The summed E-state index contributed by atoms with van der Waals surface area (Å²) in [4.78, 5) is 23.6. The Labute approximate surface area is 182 Å². The predicted molar refractivity (Wildman–Crippen MR) is 115 cm³/mol. The summed E-state index contributed by atoms with van der Waals surface area (Å²) in [5.74, 6) is -0.154. The molecule has 8 nitrogen and oxygen atoms in total. The molecule has 1 amide bonds. The van der Waals surface area contributed by atoms with Crippen LogP contribution < -0.4 is 5.43 Å². The molecule has 0 aliphatic heterocycles. The van der Waals surface area contributed by atoms with Gasteiger partial charge in [-0.15, -0.1) is 0 Å². The van der Waals surface area contributed by atoms with Crippen molar-refractivity contribution in [2.45, 2.75) is 9.99 Å². The fourth-order valence-corrected chi connectivity index (χ4v) is 3.91. The molecule has 0 saturated carbocycles. The third-order valence-electron chi connectivity index (χ3n) is 3.92. The van der Waals surface area contributed by atoms with Crippen molar-refractivity contribution in [1.82, 2.24) is 5.43 Å². The molecule has 4 aromatic rings. The lowest BCUT2D eigenvalue weighted by molar-refractivity contribution is -0.384. The molecular weight excluding hydrogens is 474 g/mol. The number of furan rings is 2. The summed E-state index contributed by atoms with van der Waals surface area (Å²) in [5.41, 5.74) is 2.63. The highest BCUT2D eigenvalue weighted by Gasteiger charge is 2.15. The van der Waals surface area contributed by atoms with E-state index in [-0.39, 0.29) is 11.4 Å². The van der Waals surface area contributed by atoms with Crippen LogP contribution in [0.15, 0.2) is 89.1 Å². The van der Waals surface area contributed by atoms with Gasteiger partial charge in [0.15, 0.2) is 10.9 Å². The lowest BCUT2D eigenvalue weighted by atomic mass is 10.2. The molecule has 2 heterocycles. The van der Waals surface area contributed by atoms with Gasteiger partial charge in [-0.1, -0.05) is 30.0 Å². The monoisotopic (exact) mass is 485 g/mol. The van der Waals surface area contributed by atoms with Crippen LogP contribution >= 0.6 is 27.7 Å². The van der Waals surface area contributed by atoms with Crippen molar-refractivity contribution in [3.63, 3.8) is 0 Å². The van der Waals surface area contributed by atoms with Gasteiger partial charge < -0.3 is 8.83 Å². The summed E-state index contributed by atoms with van der Waals surface area (Å²) in [7, 11) is 0. The summed E-state index contributed by atoms with van der Waals surface area (Å²) >= 11 is 4.89. The smallest absolute Gasteiger partial charge is 0.307 e. The Bertz CT molecular complexity index is 1270. The second-order valence-corrected chi connectivity index (χ2v) is 7.89. The van der Waals surface area contributed by atoms with Gasteiger partial charge in [-0.2, -0.15) is 5.10 Å². The number of fused-ring (bicyclic) bond motifs is 1. The number of carbonyl (C=O) groups excluding carboxylic acids is 1. The minimum Gasteiger partial charge on any atom is -0.451 e. The zero-order valence-electron chi connectivity index (χ0n) is 15.1. The van der Waals surface area contributed by atoms with Gasteiger partial charge >= 0.3 is 5.91 Å². The maximum absolute atomic E-state index is 12.2. The number of nitro groups is 1. The molecule has 150 valence electrons. The number of nitrogens with zero attached hydrogens (tertiary/aromatic N) is 2.